The highest BCUT2D eigenvalue weighted by molar-refractivity contribution is 7.53. The van der Waals surface area contributed by atoms with E-state index in [4.69, 9.17) is 23.3 Å². The van der Waals surface area contributed by atoms with E-state index >= 15 is 0 Å². The zero-order chi connectivity index (χ0) is 40.9. The molecule has 2 heterocycles. The third kappa shape index (κ3) is 18.8. The smallest absolute Gasteiger partial charge is 0.356 e. The Bertz CT molecular complexity index is 1670. The molecule has 0 radical (unpaired) electrons. The monoisotopic (exact) mass is 824 g/mol. The average Bonchev–Trinajstić information content (AvgIpc) is 3.68. The van der Waals surface area contributed by atoms with E-state index in [-0.39, 0.29) is 39.3 Å². The van der Waals surface area contributed by atoms with E-state index < -0.39 is 19.8 Å². The number of aliphatic hydroxyl groups excluding tert-OH is 1. The number of aliphatic hydroxyl groups is 1. The van der Waals surface area contributed by atoms with Gasteiger partial charge in [0.2, 0.25) is 0 Å². The lowest BCUT2D eigenvalue weighted by molar-refractivity contribution is -0.0504. The molecule has 0 aliphatic rings. The van der Waals surface area contributed by atoms with Crippen molar-refractivity contribution in [3.05, 3.63) is 84.4 Å². The summed E-state index contributed by atoms with van der Waals surface area (Å²) in [5.74, 6) is 0.593. The number of nitrogens with one attached hydrogen (secondary N) is 1. The first-order valence-electron chi connectivity index (χ1n) is 21.7. The highest BCUT2D eigenvalue weighted by Gasteiger charge is 2.30. The molecule has 0 aliphatic carbocycles. The fraction of sp³-hybridized carbons (Fsp3) is 0.622. The summed E-state index contributed by atoms with van der Waals surface area (Å²) >= 11 is 0. The number of hydrogen-bond donors (Lipinski definition) is 2. The standard InChI is InChI=1S/C45H70N5O7P/c1-3-4-5-6-7-8-9-10-11-12-13-14-15-16-17-24-29-53-34-42(54-32-39-25-20-18-21-26-39)35-57-58(52,56-33-40-27-22-19-23-28-40)38-55-41(31-51)30-50-37-49-43-44(46-2)47-36-48-45(43)50/h18-23,25-28,36-37,41-42,51H,3-17,24,29-35,38H2,1-2H3,(H,46,47,48)/t41-,42-,58?/m0/s1. The van der Waals surface area contributed by atoms with Crippen LogP contribution in [0.2, 0.25) is 0 Å². The van der Waals surface area contributed by atoms with Crippen molar-refractivity contribution < 1.29 is 32.9 Å². The predicted molar refractivity (Wildman–Crippen MR) is 232 cm³/mol. The summed E-state index contributed by atoms with van der Waals surface area (Å²) in [7, 11) is -2.10. The normalized spacial score (nSPS) is 13.8. The van der Waals surface area contributed by atoms with Crippen LogP contribution in [-0.4, -0.2) is 76.7 Å². The van der Waals surface area contributed by atoms with Crippen LogP contribution in [-0.2, 0) is 47.6 Å². The van der Waals surface area contributed by atoms with Crippen LogP contribution in [0, 0.1) is 0 Å². The average molecular weight is 824 g/mol. The van der Waals surface area contributed by atoms with Gasteiger partial charge in [0.05, 0.1) is 52.0 Å². The van der Waals surface area contributed by atoms with Gasteiger partial charge in [0.25, 0.3) is 0 Å². The van der Waals surface area contributed by atoms with E-state index in [9.17, 15) is 9.67 Å². The van der Waals surface area contributed by atoms with Gasteiger partial charge in [0, 0.05) is 13.7 Å². The first kappa shape index (κ1) is 47.5. The van der Waals surface area contributed by atoms with Gasteiger partial charge < -0.3 is 38.2 Å². The van der Waals surface area contributed by atoms with Gasteiger partial charge in [0.15, 0.2) is 11.5 Å². The molecule has 4 aromatic rings. The molecule has 0 aliphatic heterocycles. The summed E-state index contributed by atoms with van der Waals surface area (Å²) in [4.78, 5) is 13.0. The lowest BCUT2D eigenvalue weighted by Gasteiger charge is -2.25. The molecule has 0 amide bonds. The third-order valence-electron chi connectivity index (χ3n) is 10.2. The second-order valence-electron chi connectivity index (χ2n) is 15.1. The molecular formula is C45H70N5O7P. The molecule has 58 heavy (non-hydrogen) atoms. The fourth-order valence-electron chi connectivity index (χ4n) is 6.73. The summed E-state index contributed by atoms with van der Waals surface area (Å²) in [6.07, 6.45) is 22.6. The Morgan fingerprint density at radius 2 is 1.28 bits per heavy atom. The Kier molecular flexibility index (Phi) is 23.8. The number of fused-ring (bicyclic) bond motifs is 1. The van der Waals surface area contributed by atoms with Crippen molar-refractivity contribution in [3.63, 3.8) is 0 Å². The Hall–Kier alpha value is -3.22. The van der Waals surface area contributed by atoms with Crippen LogP contribution in [0.1, 0.15) is 121 Å². The maximum atomic E-state index is 14.3. The first-order valence-corrected chi connectivity index (χ1v) is 23.5. The van der Waals surface area contributed by atoms with Crippen molar-refractivity contribution in [1.29, 1.82) is 0 Å². The SMILES string of the molecule is CCCCCCCCCCCCCCCCCCOC[C@@H](COP(=O)(CO[C@H](CO)Cn1cnc2c(NC)ncnc21)OCc1ccccc1)OCc1ccccc1. The maximum Gasteiger partial charge on any atom is 0.356 e. The van der Waals surface area contributed by atoms with E-state index in [1.54, 1.807) is 17.9 Å². The van der Waals surface area contributed by atoms with Crippen LogP contribution in [0.15, 0.2) is 73.3 Å². The Morgan fingerprint density at radius 3 is 1.86 bits per heavy atom. The molecule has 0 bridgehead atoms. The number of imidazole rings is 1. The second-order valence-corrected chi connectivity index (χ2v) is 17.1. The maximum absolute atomic E-state index is 14.3. The highest BCUT2D eigenvalue weighted by Crippen LogP contribution is 2.49. The number of aromatic nitrogens is 4. The van der Waals surface area contributed by atoms with Crippen LogP contribution in [0.25, 0.3) is 11.2 Å². The van der Waals surface area contributed by atoms with Crippen LogP contribution in [0.3, 0.4) is 0 Å². The zero-order valence-corrected chi connectivity index (χ0v) is 36.1. The quantitative estimate of drug-likeness (QED) is 0.0338. The van der Waals surface area contributed by atoms with Gasteiger partial charge in [-0.2, -0.15) is 0 Å². The number of hydrogen-bond acceptors (Lipinski definition) is 11. The molecule has 0 saturated heterocycles. The number of benzene rings is 2. The summed E-state index contributed by atoms with van der Waals surface area (Å²) < 4.78 is 46.6. The molecule has 3 atom stereocenters. The number of rotatable bonds is 35. The second kappa shape index (κ2) is 29.1. The number of ether oxygens (including phenoxy) is 3. The van der Waals surface area contributed by atoms with Gasteiger partial charge in [-0.1, -0.05) is 164 Å². The van der Waals surface area contributed by atoms with Crippen molar-refractivity contribution in [2.45, 2.75) is 142 Å². The van der Waals surface area contributed by atoms with Gasteiger partial charge >= 0.3 is 7.60 Å². The van der Waals surface area contributed by atoms with Crippen LogP contribution in [0.5, 0.6) is 0 Å². The van der Waals surface area contributed by atoms with E-state index in [2.05, 4.69) is 27.2 Å². The molecule has 322 valence electrons. The zero-order valence-electron chi connectivity index (χ0n) is 35.2. The van der Waals surface area contributed by atoms with Crippen molar-refractivity contribution in [2.75, 3.05) is 45.1 Å². The fourth-order valence-corrected chi connectivity index (χ4v) is 8.09. The van der Waals surface area contributed by atoms with E-state index in [0.717, 1.165) is 24.0 Å². The van der Waals surface area contributed by atoms with Crippen molar-refractivity contribution in [3.8, 4) is 0 Å². The summed E-state index contributed by atoms with van der Waals surface area (Å²) in [6, 6.07) is 19.4. The molecule has 0 fully saturated rings. The summed E-state index contributed by atoms with van der Waals surface area (Å²) in [5.41, 5.74) is 3.04. The lowest BCUT2D eigenvalue weighted by Crippen LogP contribution is -2.27. The number of nitrogens with zero attached hydrogens (tertiary/aromatic N) is 4. The van der Waals surface area contributed by atoms with Crippen molar-refractivity contribution in [1.82, 2.24) is 19.5 Å². The molecule has 13 heteroatoms. The third-order valence-corrected chi connectivity index (χ3v) is 11.7. The van der Waals surface area contributed by atoms with Gasteiger partial charge in [-0.25, -0.2) is 15.0 Å². The summed E-state index contributed by atoms with van der Waals surface area (Å²) in [6.45, 7) is 3.45. The minimum Gasteiger partial charge on any atom is -0.394 e. The molecule has 2 aromatic heterocycles. The van der Waals surface area contributed by atoms with Gasteiger partial charge in [0.1, 0.15) is 24.3 Å². The van der Waals surface area contributed by atoms with Crippen LogP contribution < -0.4 is 5.32 Å². The van der Waals surface area contributed by atoms with Gasteiger partial charge in [-0.05, 0) is 17.5 Å². The molecule has 0 saturated carbocycles. The van der Waals surface area contributed by atoms with Crippen molar-refractivity contribution in [2.24, 2.45) is 0 Å². The van der Waals surface area contributed by atoms with Crippen LogP contribution >= 0.6 is 7.60 Å². The first-order chi connectivity index (χ1) is 28.5. The minimum atomic E-state index is -3.86. The molecule has 12 nitrogen and oxygen atoms in total. The molecule has 4 rings (SSSR count). The van der Waals surface area contributed by atoms with Gasteiger partial charge in [-0.3, -0.25) is 4.57 Å². The molecule has 0 spiro atoms. The lowest BCUT2D eigenvalue weighted by atomic mass is 10.0. The summed E-state index contributed by atoms with van der Waals surface area (Å²) in [5, 5.41) is 13.3. The van der Waals surface area contributed by atoms with E-state index in [1.165, 1.54) is 96.2 Å². The molecule has 2 N–H and O–H groups in total. The molecule has 2 aromatic carbocycles. The van der Waals surface area contributed by atoms with E-state index in [1.807, 2.05) is 60.7 Å². The molecular weight excluding hydrogens is 753 g/mol. The predicted octanol–water partition coefficient (Wildman–Crippen LogP) is 10.5. The van der Waals surface area contributed by atoms with Crippen molar-refractivity contribution >= 4 is 24.6 Å². The highest BCUT2D eigenvalue weighted by atomic mass is 31.2. The van der Waals surface area contributed by atoms with Gasteiger partial charge in [-0.15, -0.1) is 0 Å². The largest absolute Gasteiger partial charge is 0.394 e. The number of anilines is 1. The Labute approximate surface area is 347 Å². The topological polar surface area (TPSA) is 139 Å². The van der Waals surface area contributed by atoms with E-state index in [0.29, 0.717) is 30.2 Å². The Balaban J connectivity index is 1.22. The number of unbranched alkanes of at least 4 members (excludes halogenated alkanes) is 15. The Morgan fingerprint density at radius 1 is 0.690 bits per heavy atom. The minimum absolute atomic E-state index is 0.0269. The van der Waals surface area contributed by atoms with Crippen LogP contribution in [0.4, 0.5) is 5.82 Å². The molecule has 1 unspecified atom stereocenters.